The average molecular weight is 306 g/mol. The maximum atomic E-state index is 11.5. The lowest BCUT2D eigenvalue weighted by Gasteiger charge is -2.15. The number of anilines is 1. The van der Waals surface area contributed by atoms with Gasteiger partial charge in [0.15, 0.2) is 0 Å². The summed E-state index contributed by atoms with van der Waals surface area (Å²) >= 11 is 0. The van der Waals surface area contributed by atoms with Crippen LogP contribution in [0, 0.1) is 5.92 Å². The summed E-state index contributed by atoms with van der Waals surface area (Å²) in [5.41, 5.74) is 1.89. The first-order chi connectivity index (χ1) is 10.0. The Morgan fingerprint density at radius 1 is 1.38 bits per heavy atom. The van der Waals surface area contributed by atoms with Gasteiger partial charge in [-0.3, -0.25) is 9.97 Å². The molecule has 1 N–H and O–H groups in total. The largest absolute Gasteiger partial charge is 0.384 e. The van der Waals surface area contributed by atoms with Gasteiger partial charge in [-0.15, -0.1) is 0 Å². The van der Waals surface area contributed by atoms with E-state index in [-0.39, 0.29) is 0 Å². The van der Waals surface area contributed by atoms with Crippen LogP contribution in [-0.4, -0.2) is 48.6 Å². The molecule has 0 bridgehead atoms. The van der Waals surface area contributed by atoms with E-state index in [0.717, 1.165) is 29.6 Å². The van der Waals surface area contributed by atoms with Gasteiger partial charge in [-0.05, 0) is 24.5 Å². The quantitative estimate of drug-likeness (QED) is 0.922. The lowest BCUT2D eigenvalue weighted by atomic mass is 10.1. The second kappa shape index (κ2) is 5.57. The molecule has 1 atom stereocenters. The lowest BCUT2D eigenvalue weighted by molar-refractivity contribution is 0.466. The summed E-state index contributed by atoms with van der Waals surface area (Å²) in [6.45, 7) is 1.96. The van der Waals surface area contributed by atoms with Crippen molar-refractivity contribution >= 4 is 26.6 Å². The van der Waals surface area contributed by atoms with Crippen molar-refractivity contribution in [2.75, 3.05) is 31.2 Å². The van der Waals surface area contributed by atoms with Gasteiger partial charge in [0.1, 0.15) is 0 Å². The van der Waals surface area contributed by atoms with Gasteiger partial charge < -0.3 is 5.32 Å². The number of sulfonamides is 1. The van der Waals surface area contributed by atoms with Gasteiger partial charge >= 0.3 is 0 Å². The van der Waals surface area contributed by atoms with Gasteiger partial charge in [-0.25, -0.2) is 12.7 Å². The maximum Gasteiger partial charge on any atom is 0.211 e. The molecule has 0 saturated carbocycles. The number of fused-ring (bicyclic) bond motifs is 1. The highest BCUT2D eigenvalue weighted by atomic mass is 32.2. The van der Waals surface area contributed by atoms with Crippen LogP contribution in [0.15, 0.2) is 30.7 Å². The Kier molecular flexibility index (Phi) is 3.77. The summed E-state index contributed by atoms with van der Waals surface area (Å²) in [6, 6.07) is 3.80. The molecular formula is C14H18N4O2S. The van der Waals surface area contributed by atoms with E-state index in [4.69, 9.17) is 0 Å². The summed E-state index contributed by atoms with van der Waals surface area (Å²) in [7, 11) is -3.07. The molecule has 1 saturated heterocycles. The Morgan fingerprint density at radius 3 is 3.00 bits per heavy atom. The Hall–Kier alpha value is -1.73. The van der Waals surface area contributed by atoms with Crippen molar-refractivity contribution in [1.82, 2.24) is 14.3 Å². The van der Waals surface area contributed by atoms with E-state index in [0.29, 0.717) is 19.0 Å². The van der Waals surface area contributed by atoms with Crippen molar-refractivity contribution in [3.8, 4) is 0 Å². The molecule has 0 amide bonds. The standard InChI is InChI=1S/C14H18N4O2S/c1-21(19,20)18-7-4-11(10-18)8-17-14-3-6-16-13-2-5-15-9-12(13)14/h2-3,5-6,9,11H,4,7-8,10H2,1H3,(H,16,17). The molecule has 7 heteroatoms. The fourth-order valence-electron chi connectivity index (χ4n) is 2.66. The molecule has 2 aromatic heterocycles. The fraction of sp³-hybridized carbons (Fsp3) is 0.429. The van der Waals surface area contributed by atoms with E-state index in [1.165, 1.54) is 6.26 Å². The van der Waals surface area contributed by atoms with E-state index < -0.39 is 10.0 Å². The Balaban J connectivity index is 1.68. The van der Waals surface area contributed by atoms with Crippen LogP contribution in [0.4, 0.5) is 5.69 Å². The van der Waals surface area contributed by atoms with Gasteiger partial charge in [0, 0.05) is 49.3 Å². The summed E-state index contributed by atoms with van der Waals surface area (Å²) in [5.74, 6) is 0.333. The lowest BCUT2D eigenvalue weighted by Crippen LogP contribution is -2.28. The number of aromatic nitrogens is 2. The Bertz CT molecular complexity index is 742. The van der Waals surface area contributed by atoms with Gasteiger partial charge in [0.05, 0.1) is 11.8 Å². The van der Waals surface area contributed by atoms with Crippen LogP contribution in [0.2, 0.25) is 0 Å². The number of nitrogens with zero attached hydrogens (tertiary/aromatic N) is 3. The van der Waals surface area contributed by atoms with E-state index >= 15 is 0 Å². The second-order valence-electron chi connectivity index (χ2n) is 5.41. The van der Waals surface area contributed by atoms with Crippen molar-refractivity contribution < 1.29 is 8.42 Å². The predicted octanol–water partition coefficient (Wildman–Crippen LogP) is 1.32. The first-order valence-corrected chi connectivity index (χ1v) is 8.76. The molecular weight excluding hydrogens is 288 g/mol. The minimum atomic E-state index is -3.07. The van der Waals surface area contributed by atoms with Gasteiger partial charge in [0.25, 0.3) is 0 Å². The number of hydrogen-bond donors (Lipinski definition) is 1. The van der Waals surface area contributed by atoms with E-state index in [9.17, 15) is 8.42 Å². The Morgan fingerprint density at radius 2 is 2.24 bits per heavy atom. The van der Waals surface area contributed by atoms with Crippen LogP contribution in [0.3, 0.4) is 0 Å². The van der Waals surface area contributed by atoms with Crippen molar-refractivity contribution in [3.63, 3.8) is 0 Å². The molecule has 1 aliphatic heterocycles. The number of hydrogen-bond acceptors (Lipinski definition) is 5. The van der Waals surface area contributed by atoms with Crippen LogP contribution in [0.1, 0.15) is 6.42 Å². The molecule has 6 nitrogen and oxygen atoms in total. The summed E-state index contributed by atoms with van der Waals surface area (Å²) < 4.78 is 24.6. The second-order valence-corrected chi connectivity index (χ2v) is 7.39. The zero-order chi connectivity index (χ0) is 14.9. The molecule has 0 radical (unpaired) electrons. The SMILES string of the molecule is CS(=O)(=O)N1CCC(CNc2ccnc3ccncc23)C1. The summed E-state index contributed by atoms with van der Waals surface area (Å²) in [6.07, 6.45) is 7.44. The zero-order valence-electron chi connectivity index (χ0n) is 11.9. The molecule has 0 aliphatic carbocycles. The predicted molar refractivity (Wildman–Crippen MR) is 82.6 cm³/mol. The highest BCUT2D eigenvalue weighted by Crippen LogP contribution is 2.23. The van der Waals surface area contributed by atoms with Crippen molar-refractivity contribution in [2.45, 2.75) is 6.42 Å². The topological polar surface area (TPSA) is 75.2 Å². The normalized spacial score (nSPS) is 20.0. The molecule has 21 heavy (non-hydrogen) atoms. The highest BCUT2D eigenvalue weighted by Gasteiger charge is 2.28. The Labute approximate surface area is 124 Å². The molecule has 0 spiro atoms. The average Bonchev–Trinajstić information content (AvgIpc) is 2.94. The summed E-state index contributed by atoms with van der Waals surface area (Å²) in [4.78, 5) is 8.43. The molecule has 1 unspecified atom stereocenters. The molecule has 112 valence electrons. The van der Waals surface area contributed by atoms with Crippen LogP contribution in [-0.2, 0) is 10.0 Å². The van der Waals surface area contributed by atoms with Crippen molar-refractivity contribution in [3.05, 3.63) is 30.7 Å². The van der Waals surface area contributed by atoms with Crippen LogP contribution < -0.4 is 5.32 Å². The van der Waals surface area contributed by atoms with Crippen LogP contribution in [0.5, 0.6) is 0 Å². The first-order valence-electron chi connectivity index (χ1n) is 6.92. The molecule has 1 fully saturated rings. The highest BCUT2D eigenvalue weighted by molar-refractivity contribution is 7.88. The van der Waals surface area contributed by atoms with E-state index in [2.05, 4.69) is 15.3 Å². The van der Waals surface area contributed by atoms with Crippen molar-refractivity contribution in [2.24, 2.45) is 5.92 Å². The molecule has 2 aromatic rings. The molecule has 3 heterocycles. The third-order valence-corrected chi connectivity index (χ3v) is 5.11. The number of pyridine rings is 2. The zero-order valence-corrected chi connectivity index (χ0v) is 12.7. The smallest absolute Gasteiger partial charge is 0.211 e. The minimum absolute atomic E-state index is 0.333. The van der Waals surface area contributed by atoms with Gasteiger partial charge in [0.2, 0.25) is 10.0 Å². The minimum Gasteiger partial charge on any atom is -0.384 e. The third-order valence-electron chi connectivity index (χ3n) is 3.84. The van der Waals surface area contributed by atoms with Crippen molar-refractivity contribution in [1.29, 1.82) is 0 Å². The molecule has 0 aromatic carbocycles. The first kappa shape index (κ1) is 14.2. The monoisotopic (exact) mass is 306 g/mol. The molecule has 3 rings (SSSR count). The number of nitrogens with one attached hydrogen (secondary N) is 1. The third kappa shape index (κ3) is 3.14. The molecule has 1 aliphatic rings. The maximum absolute atomic E-state index is 11.5. The van der Waals surface area contributed by atoms with Crippen LogP contribution >= 0.6 is 0 Å². The van der Waals surface area contributed by atoms with E-state index in [1.807, 2.05) is 12.1 Å². The van der Waals surface area contributed by atoms with Gasteiger partial charge in [-0.1, -0.05) is 0 Å². The summed E-state index contributed by atoms with van der Waals surface area (Å²) in [5, 5.41) is 4.38. The number of rotatable bonds is 4. The van der Waals surface area contributed by atoms with Crippen LogP contribution in [0.25, 0.3) is 10.9 Å². The van der Waals surface area contributed by atoms with Gasteiger partial charge in [-0.2, -0.15) is 0 Å². The van der Waals surface area contributed by atoms with E-state index in [1.54, 1.807) is 22.9 Å². The fourth-order valence-corrected chi connectivity index (χ4v) is 3.58.